The van der Waals surface area contributed by atoms with E-state index in [9.17, 15) is 4.79 Å². The zero-order chi connectivity index (χ0) is 15.1. The molecule has 1 amide bonds. The highest BCUT2D eigenvalue weighted by molar-refractivity contribution is 8.04. The van der Waals surface area contributed by atoms with Crippen molar-refractivity contribution < 1.29 is 4.79 Å². The number of rotatable bonds is 5. The summed E-state index contributed by atoms with van der Waals surface area (Å²) in [6, 6.07) is 17.6. The topological polar surface area (TPSA) is 41.1 Å². The van der Waals surface area contributed by atoms with Crippen LogP contribution in [0.4, 0.5) is 5.69 Å². The van der Waals surface area contributed by atoms with Gasteiger partial charge < -0.3 is 10.6 Å². The quantitative estimate of drug-likeness (QED) is 0.652. The van der Waals surface area contributed by atoms with Crippen LogP contribution >= 0.6 is 11.8 Å². The molecule has 0 atom stereocenters. The fraction of sp³-hybridized carbons (Fsp3) is 0.118. The van der Waals surface area contributed by atoms with E-state index in [1.807, 2.05) is 61.5 Å². The van der Waals surface area contributed by atoms with Gasteiger partial charge in [-0.25, -0.2) is 0 Å². The Kier molecular flexibility index (Phi) is 5.46. The number of hydrogen-bond acceptors (Lipinski definition) is 3. The summed E-state index contributed by atoms with van der Waals surface area (Å²) in [5.74, 6) is -0.123. The van der Waals surface area contributed by atoms with Gasteiger partial charge >= 0.3 is 0 Å². The fourth-order valence-electron chi connectivity index (χ4n) is 1.72. The van der Waals surface area contributed by atoms with Crippen LogP contribution in [-0.4, -0.2) is 13.0 Å². The summed E-state index contributed by atoms with van der Waals surface area (Å²) >= 11 is 1.43. The zero-order valence-electron chi connectivity index (χ0n) is 12.1. The first-order valence-electron chi connectivity index (χ1n) is 6.67. The Morgan fingerprint density at radius 1 is 1.05 bits per heavy atom. The van der Waals surface area contributed by atoms with E-state index < -0.39 is 0 Å². The normalized spacial score (nSPS) is 11.0. The molecule has 0 aliphatic heterocycles. The molecule has 3 nitrogen and oxygen atoms in total. The number of hydrogen-bond donors (Lipinski definition) is 2. The molecule has 0 aromatic heterocycles. The van der Waals surface area contributed by atoms with Crippen LogP contribution in [0, 0.1) is 6.92 Å². The molecule has 2 aromatic carbocycles. The second-order valence-electron chi connectivity index (χ2n) is 4.53. The van der Waals surface area contributed by atoms with Crippen molar-refractivity contribution >= 4 is 23.4 Å². The number of anilines is 1. The van der Waals surface area contributed by atoms with Gasteiger partial charge in [-0.15, -0.1) is 0 Å². The predicted octanol–water partition coefficient (Wildman–Crippen LogP) is 3.79. The van der Waals surface area contributed by atoms with Gasteiger partial charge in [0, 0.05) is 23.8 Å². The Bertz CT molecular complexity index is 621. The van der Waals surface area contributed by atoms with Gasteiger partial charge in [0.2, 0.25) is 0 Å². The lowest BCUT2D eigenvalue weighted by Gasteiger charge is -2.09. The van der Waals surface area contributed by atoms with Crippen LogP contribution in [0.1, 0.15) is 5.56 Å². The number of amides is 1. The van der Waals surface area contributed by atoms with Gasteiger partial charge in [0.1, 0.15) is 0 Å². The van der Waals surface area contributed by atoms with Crippen LogP contribution in [0.5, 0.6) is 0 Å². The summed E-state index contributed by atoms with van der Waals surface area (Å²) in [5, 5.41) is 5.83. The Labute approximate surface area is 129 Å². The minimum Gasteiger partial charge on any atom is -0.393 e. The zero-order valence-corrected chi connectivity index (χ0v) is 12.9. The first-order chi connectivity index (χ1) is 10.2. The molecule has 0 saturated heterocycles. The highest BCUT2D eigenvalue weighted by atomic mass is 32.2. The molecular formula is C17H18N2OS. The molecule has 0 fully saturated rings. The van der Waals surface area contributed by atoms with Gasteiger partial charge in [0.05, 0.1) is 4.91 Å². The van der Waals surface area contributed by atoms with E-state index in [0.717, 1.165) is 16.1 Å². The van der Waals surface area contributed by atoms with Crippen molar-refractivity contribution in [2.24, 2.45) is 0 Å². The standard InChI is InChI=1S/C17H18N2OS/c1-13-8-10-14(11-9-13)19-17(20)16(12-18-2)21-15-6-4-3-5-7-15/h3-12,18H,1-2H3,(H,19,20)/b16-12+. The summed E-state index contributed by atoms with van der Waals surface area (Å²) in [7, 11) is 1.78. The van der Waals surface area contributed by atoms with Gasteiger partial charge in [-0.05, 0) is 31.2 Å². The summed E-state index contributed by atoms with van der Waals surface area (Å²) in [6.07, 6.45) is 1.71. The van der Waals surface area contributed by atoms with Gasteiger partial charge in [-0.2, -0.15) is 0 Å². The molecule has 0 aliphatic rings. The molecule has 21 heavy (non-hydrogen) atoms. The Morgan fingerprint density at radius 3 is 2.33 bits per heavy atom. The highest BCUT2D eigenvalue weighted by Gasteiger charge is 2.11. The van der Waals surface area contributed by atoms with Crippen LogP contribution < -0.4 is 10.6 Å². The Balaban J connectivity index is 2.09. The van der Waals surface area contributed by atoms with Crippen LogP contribution in [0.3, 0.4) is 0 Å². The first-order valence-corrected chi connectivity index (χ1v) is 7.49. The van der Waals surface area contributed by atoms with E-state index in [4.69, 9.17) is 0 Å². The van der Waals surface area contributed by atoms with Crippen molar-refractivity contribution in [3.63, 3.8) is 0 Å². The third-order valence-corrected chi connectivity index (χ3v) is 3.81. The molecule has 2 aromatic rings. The van der Waals surface area contributed by atoms with Crippen molar-refractivity contribution in [2.75, 3.05) is 12.4 Å². The molecule has 0 bridgehead atoms. The lowest BCUT2D eigenvalue weighted by Crippen LogP contribution is -2.14. The predicted molar refractivity (Wildman–Crippen MR) is 89.3 cm³/mol. The van der Waals surface area contributed by atoms with E-state index in [0.29, 0.717) is 4.91 Å². The second-order valence-corrected chi connectivity index (χ2v) is 5.65. The van der Waals surface area contributed by atoms with Crippen LogP contribution in [0.15, 0.2) is 70.6 Å². The highest BCUT2D eigenvalue weighted by Crippen LogP contribution is 2.26. The van der Waals surface area contributed by atoms with E-state index in [1.165, 1.54) is 11.8 Å². The number of aryl methyl sites for hydroxylation is 1. The summed E-state index contributed by atoms with van der Waals surface area (Å²) in [6.45, 7) is 2.02. The molecule has 0 aliphatic carbocycles. The molecule has 4 heteroatoms. The molecule has 108 valence electrons. The minimum absolute atomic E-state index is 0.123. The number of carbonyl (C=O) groups is 1. The SMILES string of the molecule is CN/C=C(/Sc1ccccc1)C(=O)Nc1ccc(C)cc1. The smallest absolute Gasteiger partial charge is 0.263 e. The summed E-state index contributed by atoms with van der Waals surface area (Å²) in [4.78, 5) is 14.0. The van der Waals surface area contributed by atoms with Crippen molar-refractivity contribution in [1.29, 1.82) is 0 Å². The van der Waals surface area contributed by atoms with E-state index in [2.05, 4.69) is 10.6 Å². The second kappa shape index (κ2) is 7.55. The van der Waals surface area contributed by atoms with Gasteiger partial charge in [-0.1, -0.05) is 47.7 Å². The third kappa shape index (κ3) is 4.68. The average Bonchev–Trinajstić information content (AvgIpc) is 2.50. The Hall–Kier alpha value is -2.20. The molecule has 0 radical (unpaired) electrons. The lowest BCUT2D eigenvalue weighted by molar-refractivity contribution is -0.112. The lowest BCUT2D eigenvalue weighted by atomic mass is 10.2. The van der Waals surface area contributed by atoms with Gasteiger partial charge in [0.25, 0.3) is 5.91 Å². The minimum atomic E-state index is -0.123. The van der Waals surface area contributed by atoms with Gasteiger partial charge in [0.15, 0.2) is 0 Å². The average molecular weight is 298 g/mol. The maximum absolute atomic E-state index is 12.4. The molecule has 0 unspecified atom stereocenters. The summed E-state index contributed by atoms with van der Waals surface area (Å²) in [5.41, 5.74) is 1.96. The molecule has 2 N–H and O–H groups in total. The van der Waals surface area contributed by atoms with Crippen LogP contribution in [-0.2, 0) is 4.79 Å². The third-order valence-electron chi connectivity index (χ3n) is 2.78. The van der Waals surface area contributed by atoms with Crippen LogP contribution in [0.2, 0.25) is 0 Å². The van der Waals surface area contributed by atoms with Crippen LogP contribution in [0.25, 0.3) is 0 Å². The van der Waals surface area contributed by atoms with Crippen molar-refractivity contribution in [3.8, 4) is 0 Å². The number of carbonyl (C=O) groups excluding carboxylic acids is 1. The van der Waals surface area contributed by atoms with Crippen molar-refractivity contribution in [2.45, 2.75) is 11.8 Å². The van der Waals surface area contributed by atoms with E-state index in [-0.39, 0.29) is 5.91 Å². The molecule has 0 spiro atoms. The summed E-state index contributed by atoms with van der Waals surface area (Å²) < 4.78 is 0. The van der Waals surface area contributed by atoms with E-state index in [1.54, 1.807) is 13.2 Å². The van der Waals surface area contributed by atoms with Crippen molar-refractivity contribution in [1.82, 2.24) is 5.32 Å². The molecular weight excluding hydrogens is 280 g/mol. The van der Waals surface area contributed by atoms with Gasteiger partial charge in [-0.3, -0.25) is 4.79 Å². The Morgan fingerprint density at radius 2 is 1.71 bits per heavy atom. The number of benzene rings is 2. The first kappa shape index (κ1) is 15.2. The van der Waals surface area contributed by atoms with E-state index >= 15 is 0 Å². The maximum Gasteiger partial charge on any atom is 0.263 e. The number of thioether (sulfide) groups is 1. The monoisotopic (exact) mass is 298 g/mol. The largest absolute Gasteiger partial charge is 0.393 e. The maximum atomic E-state index is 12.4. The molecule has 0 heterocycles. The molecule has 2 rings (SSSR count). The fourth-order valence-corrected chi connectivity index (χ4v) is 2.59. The number of nitrogens with one attached hydrogen (secondary N) is 2. The molecule has 0 saturated carbocycles. The van der Waals surface area contributed by atoms with Crippen molar-refractivity contribution in [3.05, 3.63) is 71.3 Å².